The third kappa shape index (κ3) is 14.3. The van der Waals surface area contributed by atoms with E-state index < -0.39 is 67.0 Å². The molecule has 0 aliphatic rings. The maximum absolute atomic E-state index is 11.4. The predicted octanol–water partition coefficient (Wildman–Crippen LogP) is -17.3. The van der Waals surface area contributed by atoms with E-state index in [-0.39, 0.29) is 118 Å². The van der Waals surface area contributed by atoms with Gasteiger partial charge in [-0.1, -0.05) is 0 Å². The molecule has 0 unspecified atom stereocenters. The maximum atomic E-state index is 11.4. The summed E-state index contributed by atoms with van der Waals surface area (Å²) in [6, 6.07) is 0. The molecule has 29 heteroatoms. The molecule has 0 fully saturated rings. The van der Waals surface area contributed by atoms with E-state index >= 15 is 0 Å². The largest absolute Gasteiger partial charge is 1.00 e. The zero-order valence-corrected chi connectivity index (χ0v) is 29.9. The van der Waals surface area contributed by atoms with Gasteiger partial charge < -0.3 is 67.9 Å². The van der Waals surface area contributed by atoms with Gasteiger partial charge in [0.05, 0.1) is 5.52 Å². The minimum atomic E-state index is -7.17. The van der Waals surface area contributed by atoms with Crippen LogP contribution in [0.5, 0.6) is 0 Å². The van der Waals surface area contributed by atoms with Gasteiger partial charge in [0.15, 0.2) is 0 Å². The third-order valence-electron chi connectivity index (χ3n) is 2.57. The van der Waals surface area contributed by atoms with Crippen LogP contribution in [0.1, 0.15) is 0 Å². The second-order valence-electron chi connectivity index (χ2n) is 4.92. The Morgan fingerprint density at radius 3 is 0.688 bits per heavy atom. The van der Waals surface area contributed by atoms with Gasteiger partial charge in [0.2, 0.25) is 11.0 Å². The van der Waals surface area contributed by atoms with Gasteiger partial charge in [-0.25, -0.2) is 4.90 Å². The minimum absolute atomic E-state index is 0. The summed E-state index contributed by atoms with van der Waals surface area (Å²) in [5.74, 6) is 0. The molecule has 0 atom stereocenters. The van der Waals surface area contributed by atoms with Crippen LogP contribution in [0.2, 0.25) is 0 Å². The molecular formula is C3H11NNa4O18P6. The van der Waals surface area contributed by atoms with Gasteiger partial charge in [0.1, 0.15) is 0 Å². The van der Waals surface area contributed by atoms with Gasteiger partial charge in [-0.05, 0) is 15.2 Å². The van der Waals surface area contributed by atoms with Crippen molar-refractivity contribution >= 4 is 45.6 Å². The van der Waals surface area contributed by atoms with E-state index in [9.17, 15) is 47.0 Å². The standard InChI is InChI=1S/C3H15NO18P6.4Na/c5-23(6,7)1(24(8,9)10)4(2(25(11,12)13)26(14,15)16)3(27(17,18)19)28(20,21)22;;;;/h1-3H,(H2,5,6,7)(H2,8,9,10)(H2,11,12,13)(H2,14,15,16)(H2,17,18,19)(H2,20,21,22);;;;/q;4*+1/p-4. The summed E-state index contributed by atoms with van der Waals surface area (Å²) in [7, 11) is -41.0. The van der Waals surface area contributed by atoms with Crippen LogP contribution in [0.3, 0.4) is 0 Å². The van der Waals surface area contributed by atoms with Crippen molar-refractivity contribution in [2.24, 2.45) is 0 Å². The van der Waals surface area contributed by atoms with E-state index in [4.69, 9.17) is 39.1 Å². The first-order valence-electron chi connectivity index (χ1n) is 5.75. The fourth-order valence-electron chi connectivity index (χ4n) is 1.94. The molecule has 0 aliphatic carbocycles. The van der Waals surface area contributed by atoms with Crippen molar-refractivity contribution in [3.8, 4) is 0 Å². The molecule has 8 N–H and O–H groups in total. The SMILES string of the molecule is O=P([O-])([O-])C(N(C(P(=O)(O)O)P(=O)(O)O)C(P(=O)(O)O)P(=O)(O)O)P(=O)([O-])[O-].[Na+].[Na+].[Na+].[Na+]. The molecule has 0 rings (SSSR count). The van der Waals surface area contributed by atoms with Crippen LogP contribution < -0.4 is 138 Å². The molecule has 0 bridgehead atoms. The summed E-state index contributed by atoms with van der Waals surface area (Å²) in [4.78, 5) is 115. The Hall–Kier alpha value is 4.86. The Morgan fingerprint density at radius 2 is 0.594 bits per heavy atom. The van der Waals surface area contributed by atoms with Gasteiger partial charge in [0.25, 0.3) is 0 Å². The summed E-state index contributed by atoms with van der Waals surface area (Å²) < 4.78 is 68.0. The molecule has 0 aliphatic heterocycles. The second-order valence-corrected chi connectivity index (χ2v) is 16.0. The van der Waals surface area contributed by atoms with Crippen LogP contribution in [0, 0.1) is 0 Å². The summed E-state index contributed by atoms with van der Waals surface area (Å²) in [6.45, 7) is 0. The van der Waals surface area contributed by atoms with Crippen molar-refractivity contribution in [3.05, 3.63) is 0 Å². The van der Waals surface area contributed by atoms with Crippen LogP contribution in [0.4, 0.5) is 0 Å². The van der Waals surface area contributed by atoms with Crippen LogP contribution in [-0.2, 0) is 27.4 Å². The quantitative estimate of drug-likeness (QED) is 0.0869. The van der Waals surface area contributed by atoms with Crippen LogP contribution in [-0.4, -0.2) is 60.6 Å². The summed E-state index contributed by atoms with van der Waals surface area (Å²) >= 11 is 0. The minimum Gasteiger partial charge on any atom is -0.809 e. The Morgan fingerprint density at radius 1 is 0.438 bits per heavy atom. The average molecular weight is 627 g/mol. The Balaban J connectivity index is -0.000000607. The monoisotopic (exact) mass is 627 g/mol. The Labute approximate surface area is 267 Å². The van der Waals surface area contributed by atoms with E-state index in [2.05, 4.69) is 0 Å². The third-order valence-corrected chi connectivity index (χ3v) is 13.0. The van der Waals surface area contributed by atoms with E-state index in [0.29, 0.717) is 0 Å². The van der Waals surface area contributed by atoms with Gasteiger partial charge in [0, 0.05) is 0 Å². The molecule has 32 heavy (non-hydrogen) atoms. The molecule has 0 saturated heterocycles. The molecule has 19 nitrogen and oxygen atoms in total. The van der Waals surface area contributed by atoms with Crippen molar-refractivity contribution in [1.82, 2.24) is 4.90 Å². The van der Waals surface area contributed by atoms with Crippen LogP contribution in [0.25, 0.3) is 0 Å². The summed E-state index contributed by atoms with van der Waals surface area (Å²) in [5, 5.41) is 0. The molecule has 170 valence electrons. The van der Waals surface area contributed by atoms with Crippen LogP contribution in [0.15, 0.2) is 0 Å². The van der Waals surface area contributed by atoms with Crippen molar-refractivity contribution in [1.29, 1.82) is 0 Å². The first-order chi connectivity index (χ1) is 11.7. The van der Waals surface area contributed by atoms with Crippen molar-refractivity contribution in [3.63, 3.8) is 0 Å². The van der Waals surface area contributed by atoms with Crippen molar-refractivity contribution in [2.45, 2.75) is 16.6 Å². The summed E-state index contributed by atoms with van der Waals surface area (Å²) in [5.41, 5.74) is -13.3. The normalized spacial score (nSPS) is 13.9. The average Bonchev–Trinajstić information content (AvgIpc) is 2.13. The summed E-state index contributed by atoms with van der Waals surface area (Å²) in [6.07, 6.45) is 0. The molecule has 0 amide bonds. The predicted molar refractivity (Wildman–Crippen MR) is 76.6 cm³/mol. The molecule has 0 radical (unpaired) electrons. The van der Waals surface area contributed by atoms with Crippen molar-refractivity contribution < 1.29 is 204 Å². The maximum Gasteiger partial charge on any atom is 1.00 e. The molecule has 0 spiro atoms. The molecule has 0 saturated carbocycles. The topological polar surface area (TPSA) is 360 Å². The van der Waals surface area contributed by atoms with Gasteiger partial charge in [-0.3, -0.25) is 18.3 Å². The number of hydrogen-bond acceptors (Lipinski definition) is 11. The van der Waals surface area contributed by atoms with Gasteiger partial charge in [-0.2, -0.15) is 0 Å². The van der Waals surface area contributed by atoms with Gasteiger partial charge in [-0.15, -0.1) is 0 Å². The molecule has 0 aromatic heterocycles. The zero-order chi connectivity index (χ0) is 23.3. The number of nitrogens with zero attached hydrogens (tertiary/aromatic N) is 1. The zero-order valence-electron chi connectivity index (χ0n) is 16.5. The van der Waals surface area contributed by atoms with Crippen molar-refractivity contribution in [2.75, 3.05) is 0 Å². The number of rotatable bonds is 9. The first kappa shape index (κ1) is 46.7. The molecule has 0 aromatic carbocycles. The Kier molecular flexibility index (Phi) is 22.8. The van der Waals surface area contributed by atoms with Crippen LogP contribution >= 0.6 is 45.6 Å². The fraction of sp³-hybridized carbons (Fsp3) is 1.00. The second kappa shape index (κ2) is 15.6. The van der Waals surface area contributed by atoms with E-state index in [1.807, 2.05) is 0 Å². The molecular weight excluding hydrogens is 616 g/mol. The Bertz CT molecular complexity index is 693. The smallest absolute Gasteiger partial charge is 0.809 e. The number of hydrogen-bond donors (Lipinski definition) is 8. The van der Waals surface area contributed by atoms with Gasteiger partial charge >= 0.3 is 149 Å². The first-order valence-corrected chi connectivity index (χ1v) is 15.7. The van der Waals surface area contributed by atoms with E-state index in [1.165, 1.54) is 0 Å². The van der Waals surface area contributed by atoms with E-state index in [0.717, 1.165) is 0 Å². The molecule has 0 heterocycles. The fourth-order valence-corrected chi connectivity index (χ4v) is 11.4. The molecule has 0 aromatic rings. The van der Waals surface area contributed by atoms with E-state index in [1.54, 1.807) is 0 Å².